The van der Waals surface area contributed by atoms with Crippen molar-refractivity contribution in [3.8, 4) is 0 Å². The number of hydrogen-bond donors (Lipinski definition) is 4. The lowest BCUT2D eigenvalue weighted by Crippen LogP contribution is -2.39. The number of rotatable bonds is 5. The zero-order valence-electron chi connectivity index (χ0n) is 12.8. The van der Waals surface area contributed by atoms with E-state index in [1.54, 1.807) is 0 Å². The van der Waals surface area contributed by atoms with Gasteiger partial charge in [0.1, 0.15) is 5.54 Å². The Kier molecular flexibility index (Phi) is 4.33. The molecule has 0 heterocycles. The van der Waals surface area contributed by atoms with E-state index in [0.717, 1.165) is 33.4 Å². The first-order valence-electron chi connectivity index (χ1n) is 7.00. The normalized spacial score (nSPS) is 13.2. The molecule has 0 saturated carbocycles. The van der Waals surface area contributed by atoms with E-state index in [4.69, 9.17) is 22.0 Å². The van der Waals surface area contributed by atoms with Crippen molar-refractivity contribution >= 4 is 18.6 Å². The molecule has 2 rings (SSSR count). The third-order valence-corrected chi connectivity index (χ3v) is 4.05. The van der Waals surface area contributed by atoms with E-state index in [1.165, 1.54) is 18.6 Å². The lowest BCUT2D eigenvalue weighted by Gasteiger charge is -2.27. The van der Waals surface area contributed by atoms with Crippen LogP contribution in [0.15, 0.2) is 36.4 Å². The summed E-state index contributed by atoms with van der Waals surface area (Å²) in [6.07, 6.45) is 3.80. The third kappa shape index (κ3) is 2.61. The molecule has 112 valence electrons. The highest BCUT2D eigenvalue weighted by molar-refractivity contribution is 5.84. The standard InChI is InChI=1S/C18H20N4/c1-12-3-5-16(7-14(12)9-19)18(22,11-21)17-6-4-13(2)15(8-17)10-20/h3-11,19-21H,22H2,1-2H3. The molecule has 0 atom stereocenters. The van der Waals surface area contributed by atoms with Crippen molar-refractivity contribution in [1.29, 1.82) is 16.2 Å². The molecule has 4 heteroatoms. The van der Waals surface area contributed by atoms with Crippen molar-refractivity contribution in [3.63, 3.8) is 0 Å². The molecule has 5 N–H and O–H groups in total. The quantitative estimate of drug-likeness (QED) is 0.625. The van der Waals surface area contributed by atoms with Crippen LogP contribution in [-0.2, 0) is 5.54 Å². The predicted molar refractivity (Wildman–Crippen MR) is 91.9 cm³/mol. The van der Waals surface area contributed by atoms with Crippen molar-refractivity contribution in [2.24, 2.45) is 5.73 Å². The second kappa shape index (κ2) is 6.03. The lowest BCUT2D eigenvalue weighted by atomic mass is 9.82. The van der Waals surface area contributed by atoms with Crippen LogP contribution in [-0.4, -0.2) is 18.6 Å². The van der Waals surface area contributed by atoms with Gasteiger partial charge in [-0.3, -0.25) is 0 Å². The van der Waals surface area contributed by atoms with Gasteiger partial charge in [-0.15, -0.1) is 0 Å². The van der Waals surface area contributed by atoms with Gasteiger partial charge in [-0.25, -0.2) is 0 Å². The second-order valence-electron chi connectivity index (χ2n) is 5.44. The summed E-state index contributed by atoms with van der Waals surface area (Å²) in [7, 11) is 0. The monoisotopic (exact) mass is 292 g/mol. The van der Waals surface area contributed by atoms with Gasteiger partial charge >= 0.3 is 0 Å². The second-order valence-corrected chi connectivity index (χ2v) is 5.44. The highest BCUT2D eigenvalue weighted by Crippen LogP contribution is 2.28. The Morgan fingerprint density at radius 2 is 1.23 bits per heavy atom. The number of nitrogens with one attached hydrogen (secondary N) is 3. The molecule has 0 fully saturated rings. The van der Waals surface area contributed by atoms with Crippen LogP contribution in [0.3, 0.4) is 0 Å². The molecule has 2 aromatic carbocycles. The molecule has 0 unspecified atom stereocenters. The predicted octanol–water partition coefficient (Wildman–Crippen LogP) is 3.15. The van der Waals surface area contributed by atoms with E-state index >= 15 is 0 Å². The summed E-state index contributed by atoms with van der Waals surface area (Å²) in [5, 5.41) is 22.8. The van der Waals surface area contributed by atoms with E-state index < -0.39 is 5.54 Å². The van der Waals surface area contributed by atoms with E-state index in [2.05, 4.69) is 0 Å². The topological polar surface area (TPSA) is 97.6 Å². The van der Waals surface area contributed by atoms with Crippen LogP contribution in [0.25, 0.3) is 0 Å². The van der Waals surface area contributed by atoms with Gasteiger partial charge in [-0.2, -0.15) is 0 Å². The maximum Gasteiger partial charge on any atom is 0.102 e. The van der Waals surface area contributed by atoms with Crippen LogP contribution in [0.4, 0.5) is 0 Å². The van der Waals surface area contributed by atoms with Crippen molar-refractivity contribution in [1.82, 2.24) is 0 Å². The van der Waals surface area contributed by atoms with Crippen LogP contribution in [0.1, 0.15) is 33.4 Å². The zero-order valence-corrected chi connectivity index (χ0v) is 12.8. The molecule has 2 aromatic rings. The molecule has 4 nitrogen and oxygen atoms in total. The smallest absolute Gasteiger partial charge is 0.102 e. The van der Waals surface area contributed by atoms with Crippen molar-refractivity contribution in [2.75, 3.05) is 0 Å². The van der Waals surface area contributed by atoms with Gasteiger partial charge < -0.3 is 22.0 Å². The van der Waals surface area contributed by atoms with E-state index in [-0.39, 0.29) is 0 Å². The maximum absolute atomic E-state index is 7.83. The summed E-state index contributed by atoms with van der Waals surface area (Å²) in [4.78, 5) is 0. The summed E-state index contributed by atoms with van der Waals surface area (Å²) in [5.41, 5.74) is 10.5. The van der Waals surface area contributed by atoms with Gasteiger partial charge in [0.25, 0.3) is 0 Å². The van der Waals surface area contributed by atoms with Crippen LogP contribution >= 0.6 is 0 Å². The molecule has 0 aliphatic carbocycles. The van der Waals surface area contributed by atoms with Gasteiger partial charge in [0.2, 0.25) is 0 Å². The number of benzene rings is 2. The molecule has 0 aromatic heterocycles. The maximum atomic E-state index is 7.83. The Labute approximate surface area is 130 Å². The molecule has 22 heavy (non-hydrogen) atoms. The summed E-state index contributed by atoms with van der Waals surface area (Å²) >= 11 is 0. The number of aryl methyl sites for hydroxylation is 2. The van der Waals surface area contributed by atoms with E-state index in [9.17, 15) is 0 Å². The minimum Gasteiger partial charge on any atom is -0.313 e. The van der Waals surface area contributed by atoms with Crippen LogP contribution in [0.2, 0.25) is 0 Å². The Hall–Kier alpha value is -2.59. The fraction of sp³-hybridized carbons (Fsp3) is 0.167. The first-order valence-corrected chi connectivity index (χ1v) is 7.00. The summed E-state index contributed by atoms with van der Waals surface area (Å²) < 4.78 is 0. The Bertz CT molecular complexity index is 689. The largest absolute Gasteiger partial charge is 0.313 e. The molecule has 0 spiro atoms. The minimum absolute atomic E-state index is 0.756. The molecule has 0 amide bonds. The fourth-order valence-corrected chi connectivity index (χ4v) is 2.44. The minimum atomic E-state index is -1.07. The van der Waals surface area contributed by atoms with Gasteiger partial charge in [0.15, 0.2) is 0 Å². The van der Waals surface area contributed by atoms with Crippen molar-refractivity contribution in [2.45, 2.75) is 19.4 Å². The number of hydrogen-bond acceptors (Lipinski definition) is 4. The highest BCUT2D eigenvalue weighted by Gasteiger charge is 2.28. The average molecular weight is 292 g/mol. The van der Waals surface area contributed by atoms with Crippen LogP contribution in [0, 0.1) is 30.1 Å². The van der Waals surface area contributed by atoms with Gasteiger partial charge in [-0.05, 0) is 59.4 Å². The SMILES string of the molecule is Cc1ccc(C(N)(C=N)c2ccc(C)c(C=N)c2)cc1C=N. The van der Waals surface area contributed by atoms with Gasteiger partial charge in [-0.1, -0.05) is 24.3 Å². The number of nitrogens with two attached hydrogens (primary N) is 1. The Morgan fingerprint density at radius 3 is 1.55 bits per heavy atom. The van der Waals surface area contributed by atoms with Crippen LogP contribution < -0.4 is 5.73 Å². The zero-order chi connectivity index (χ0) is 16.3. The molecular formula is C18H20N4. The average Bonchev–Trinajstić information content (AvgIpc) is 2.55. The molecule has 0 saturated heterocycles. The van der Waals surface area contributed by atoms with E-state index in [1.807, 2.05) is 50.2 Å². The third-order valence-electron chi connectivity index (χ3n) is 4.05. The first kappa shape index (κ1) is 15.8. The molecule has 0 bridgehead atoms. The fourth-order valence-electron chi connectivity index (χ4n) is 2.44. The molecule has 0 aliphatic rings. The summed E-state index contributed by atoms with van der Waals surface area (Å²) in [5.74, 6) is 0. The Balaban J connectivity index is 2.64. The van der Waals surface area contributed by atoms with Crippen molar-refractivity contribution in [3.05, 3.63) is 69.8 Å². The van der Waals surface area contributed by atoms with Crippen molar-refractivity contribution < 1.29 is 0 Å². The highest BCUT2D eigenvalue weighted by atomic mass is 14.8. The molecular weight excluding hydrogens is 272 g/mol. The Morgan fingerprint density at radius 1 is 0.818 bits per heavy atom. The summed E-state index contributed by atoms with van der Waals surface area (Å²) in [6.45, 7) is 3.87. The molecule has 0 radical (unpaired) electrons. The van der Waals surface area contributed by atoms with Gasteiger partial charge in [0.05, 0.1) is 0 Å². The first-order chi connectivity index (χ1) is 10.5. The lowest BCUT2D eigenvalue weighted by molar-refractivity contribution is 0.740. The summed E-state index contributed by atoms with van der Waals surface area (Å²) in [6, 6.07) is 11.3. The van der Waals surface area contributed by atoms with E-state index in [0.29, 0.717) is 0 Å². The van der Waals surface area contributed by atoms with Gasteiger partial charge in [0, 0.05) is 18.6 Å². The van der Waals surface area contributed by atoms with Crippen LogP contribution in [0.5, 0.6) is 0 Å². The molecule has 0 aliphatic heterocycles.